The van der Waals surface area contributed by atoms with Gasteiger partial charge in [0.25, 0.3) is 5.69 Å². The van der Waals surface area contributed by atoms with Gasteiger partial charge in [-0.15, -0.1) is 12.4 Å². The summed E-state index contributed by atoms with van der Waals surface area (Å²) in [6, 6.07) is 5.28. The molecule has 1 aliphatic heterocycles. The minimum absolute atomic E-state index is 0. The molecule has 0 unspecified atom stereocenters. The fourth-order valence-corrected chi connectivity index (χ4v) is 2.20. The Hall–Kier alpha value is -1.86. The molecule has 1 heterocycles. The van der Waals surface area contributed by atoms with Crippen molar-refractivity contribution in [2.45, 2.75) is 19.3 Å². The van der Waals surface area contributed by atoms with Gasteiger partial charge in [-0.05, 0) is 38.1 Å². The molecule has 1 fully saturated rings. The first-order chi connectivity index (χ1) is 10.1. The van der Waals surface area contributed by atoms with Crippen LogP contribution in [-0.4, -0.2) is 42.2 Å². The average Bonchev–Trinajstić information content (AvgIpc) is 2.49. The Kier molecular flexibility index (Phi) is 7.62. The lowest BCUT2D eigenvalue weighted by Gasteiger charge is -2.25. The molecule has 0 amide bonds. The molecule has 0 aromatic heterocycles. The number of halogens is 1. The number of nitro groups is 1. The van der Waals surface area contributed by atoms with E-state index >= 15 is 0 Å². The number of piperidine rings is 1. The van der Waals surface area contributed by atoms with Crippen LogP contribution in [0.3, 0.4) is 0 Å². The van der Waals surface area contributed by atoms with Gasteiger partial charge in [0.05, 0.1) is 4.92 Å². The van der Waals surface area contributed by atoms with Crippen molar-refractivity contribution in [1.82, 2.24) is 4.90 Å². The summed E-state index contributed by atoms with van der Waals surface area (Å²) in [4.78, 5) is 23.7. The zero-order chi connectivity index (χ0) is 15.1. The highest BCUT2D eigenvalue weighted by Crippen LogP contribution is 2.17. The highest BCUT2D eigenvalue weighted by Gasteiger charge is 2.12. The predicted octanol–water partition coefficient (Wildman–Crippen LogP) is 3.02. The molecule has 0 spiro atoms. The lowest BCUT2D eigenvalue weighted by molar-refractivity contribution is -0.384. The second-order valence-electron chi connectivity index (χ2n) is 4.85. The Morgan fingerprint density at radius 1 is 1.18 bits per heavy atom. The third kappa shape index (κ3) is 5.87. The summed E-state index contributed by atoms with van der Waals surface area (Å²) in [7, 11) is 0. The molecule has 7 nitrogen and oxygen atoms in total. The van der Waals surface area contributed by atoms with Crippen LogP contribution in [0.2, 0.25) is 0 Å². The third-order valence-electron chi connectivity index (χ3n) is 3.32. The number of carbonyl (C=O) groups excluding carboxylic acids is 1. The van der Waals surface area contributed by atoms with Crippen LogP contribution in [0.4, 0.5) is 10.5 Å². The predicted molar refractivity (Wildman–Crippen MR) is 82.6 cm³/mol. The molecular formula is C14H19ClN2O5. The summed E-state index contributed by atoms with van der Waals surface area (Å²) in [5, 5.41) is 10.5. The van der Waals surface area contributed by atoms with Crippen molar-refractivity contribution < 1.29 is 19.2 Å². The Morgan fingerprint density at radius 2 is 1.82 bits per heavy atom. The van der Waals surface area contributed by atoms with Gasteiger partial charge in [-0.25, -0.2) is 4.79 Å². The molecule has 2 rings (SSSR count). The van der Waals surface area contributed by atoms with E-state index in [1.54, 1.807) is 0 Å². The van der Waals surface area contributed by atoms with E-state index in [9.17, 15) is 14.9 Å². The molecule has 22 heavy (non-hydrogen) atoms. The Bertz CT molecular complexity index is 489. The first-order valence-corrected chi connectivity index (χ1v) is 6.96. The largest absolute Gasteiger partial charge is 0.513 e. The number of rotatable bonds is 5. The van der Waals surface area contributed by atoms with Crippen molar-refractivity contribution in [3.8, 4) is 5.75 Å². The summed E-state index contributed by atoms with van der Waals surface area (Å²) in [6.45, 7) is 3.07. The zero-order valence-corrected chi connectivity index (χ0v) is 12.9. The van der Waals surface area contributed by atoms with E-state index in [0.29, 0.717) is 6.54 Å². The maximum Gasteiger partial charge on any atom is 0.513 e. The van der Waals surface area contributed by atoms with Crippen molar-refractivity contribution in [3.63, 3.8) is 0 Å². The minimum Gasteiger partial charge on any atom is -0.433 e. The first kappa shape index (κ1) is 18.2. The Balaban J connectivity index is 0.00000242. The fourth-order valence-electron chi connectivity index (χ4n) is 2.20. The number of hydrogen-bond acceptors (Lipinski definition) is 6. The zero-order valence-electron chi connectivity index (χ0n) is 12.1. The topological polar surface area (TPSA) is 81.9 Å². The molecule has 1 aromatic carbocycles. The number of nitro benzene ring substituents is 1. The quantitative estimate of drug-likeness (QED) is 0.357. The molecule has 0 saturated carbocycles. The molecule has 0 N–H and O–H groups in total. The monoisotopic (exact) mass is 330 g/mol. The van der Waals surface area contributed by atoms with E-state index in [4.69, 9.17) is 9.47 Å². The van der Waals surface area contributed by atoms with Crippen molar-refractivity contribution in [2.24, 2.45) is 0 Å². The molecule has 0 bridgehead atoms. The van der Waals surface area contributed by atoms with Crippen LogP contribution in [0.15, 0.2) is 24.3 Å². The van der Waals surface area contributed by atoms with Crippen LogP contribution in [0.25, 0.3) is 0 Å². The van der Waals surface area contributed by atoms with Crippen LogP contribution < -0.4 is 4.74 Å². The molecule has 0 atom stereocenters. The highest BCUT2D eigenvalue weighted by atomic mass is 35.5. The van der Waals surface area contributed by atoms with Crippen LogP contribution in [-0.2, 0) is 4.74 Å². The highest BCUT2D eigenvalue weighted by molar-refractivity contribution is 5.85. The van der Waals surface area contributed by atoms with Gasteiger partial charge in [0.15, 0.2) is 0 Å². The lowest BCUT2D eigenvalue weighted by Crippen LogP contribution is -2.33. The van der Waals surface area contributed by atoms with Gasteiger partial charge in [0.2, 0.25) is 0 Å². The number of non-ortho nitro benzene ring substituents is 1. The van der Waals surface area contributed by atoms with E-state index in [-0.39, 0.29) is 30.5 Å². The first-order valence-electron chi connectivity index (χ1n) is 6.96. The van der Waals surface area contributed by atoms with Gasteiger partial charge in [-0.3, -0.25) is 15.0 Å². The molecule has 1 saturated heterocycles. The summed E-state index contributed by atoms with van der Waals surface area (Å²) in [6.07, 6.45) is 2.85. The Labute approximate surface area is 134 Å². The van der Waals surface area contributed by atoms with Gasteiger partial charge in [-0.2, -0.15) is 0 Å². The molecule has 8 heteroatoms. The van der Waals surface area contributed by atoms with E-state index in [1.807, 2.05) is 0 Å². The van der Waals surface area contributed by atoms with Crippen molar-refractivity contribution in [2.75, 3.05) is 26.2 Å². The molecule has 0 radical (unpaired) electrons. The summed E-state index contributed by atoms with van der Waals surface area (Å²) in [5.74, 6) is 0.226. The second kappa shape index (κ2) is 9.22. The van der Waals surface area contributed by atoms with Crippen LogP contribution in [0.5, 0.6) is 5.75 Å². The van der Waals surface area contributed by atoms with E-state index in [0.717, 1.165) is 13.1 Å². The SMILES string of the molecule is Cl.O=C(OCCN1CCCCC1)Oc1ccc([N+](=O)[O-])cc1. The number of hydrogen-bond donors (Lipinski definition) is 0. The van der Waals surface area contributed by atoms with Crippen LogP contribution in [0.1, 0.15) is 19.3 Å². The minimum atomic E-state index is -0.791. The van der Waals surface area contributed by atoms with Gasteiger partial charge in [0, 0.05) is 18.7 Å². The van der Waals surface area contributed by atoms with Gasteiger partial charge in [0.1, 0.15) is 12.4 Å². The molecule has 0 aliphatic carbocycles. The van der Waals surface area contributed by atoms with Crippen molar-refractivity contribution in [3.05, 3.63) is 34.4 Å². The van der Waals surface area contributed by atoms with E-state index in [2.05, 4.69) is 4.90 Å². The number of benzene rings is 1. The van der Waals surface area contributed by atoms with Crippen molar-refractivity contribution in [1.29, 1.82) is 0 Å². The lowest BCUT2D eigenvalue weighted by atomic mass is 10.1. The van der Waals surface area contributed by atoms with Crippen LogP contribution in [0, 0.1) is 10.1 Å². The van der Waals surface area contributed by atoms with Gasteiger partial charge >= 0.3 is 6.16 Å². The third-order valence-corrected chi connectivity index (χ3v) is 3.32. The number of nitrogens with zero attached hydrogens (tertiary/aromatic N) is 2. The normalized spacial score (nSPS) is 14.7. The molecular weight excluding hydrogens is 312 g/mol. The Morgan fingerprint density at radius 3 is 2.41 bits per heavy atom. The van der Waals surface area contributed by atoms with Crippen molar-refractivity contribution >= 4 is 24.2 Å². The molecule has 1 aromatic rings. The van der Waals surface area contributed by atoms with Crippen LogP contribution >= 0.6 is 12.4 Å². The van der Waals surface area contributed by atoms with E-state index < -0.39 is 11.1 Å². The second-order valence-corrected chi connectivity index (χ2v) is 4.85. The van der Waals surface area contributed by atoms with Gasteiger partial charge in [-0.1, -0.05) is 6.42 Å². The smallest absolute Gasteiger partial charge is 0.433 e. The summed E-state index contributed by atoms with van der Waals surface area (Å²) in [5.41, 5.74) is -0.0548. The number of likely N-dealkylation sites (tertiary alicyclic amines) is 1. The summed E-state index contributed by atoms with van der Waals surface area (Å²) < 4.78 is 9.93. The average molecular weight is 331 g/mol. The standard InChI is InChI=1S/C14H18N2O5.ClH/c17-14(20-11-10-15-8-2-1-3-9-15)21-13-6-4-12(5-7-13)16(18)19;/h4-7H,1-3,8-11H2;1H. The van der Waals surface area contributed by atoms with Gasteiger partial charge < -0.3 is 9.47 Å². The summed E-state index contributed by atoms with van der Waals surface area (Å²) >= 11 is 0. The molecule has 122 valence electrons. The number of ether oxygens (including phenoxy) is 2. The maximum absolute atomic E-state index is 11.5. The molecule has 1 aliphatic rings. The van der Waals surface area contributed by atoms with E-state index in [1.165, 1.54) is 43.5 Å². The maximum atomic E-state index is 11.5. The fraction of sp³-hybridized carbons (Fsp3) is 0.500. The number of carbonyl (C=O) groups is 1.